The Balaban J connectivity index is 2.20. The van der Waals surface area contributed by atoms with Crippen LogP contribution in [0.3, 0.4) is 0 Å². The molecule has 3 rings (SSSR count). The Morgan fingerprint density at radius 1 is 0.964 bits per heavy atom. The molecule has 2 atom stereocenters. The van der Waals surface area contributed by atoms with Gasteiger partial charge in [0.25, 0.3) is 5.54 Å². The van der Waals surface area contributed by atoms with E-state index in [-0.39, 0.29) is 4.90 Å². The van der Waals surface area contributed by atoms with Crippen LogP contribution in [-0.4, -0.2) is 44.4 Å². The molecule has 0 aliphatic carbocycles. The first kappa shape index (κ1) is 20.5. The lowest BCUT2D eigenvalue weighted by molar-refractivity contribution is -0.157. The molecule has 0 spiro atoms. The number of hydrogen-bond donors (Lipinski definition) is 0. The quantitative estimate of drug-likeness (QED) is 0.381. The SMILES string of the molecule is COC(=O)C1(C(=O)OC)C(c2ccc(Br)cc2)N1S(=O)(=O)c1ccc(C)cc1. The van der Waals surface area contributed by atoms with E-state index >= 15 is 0 Å². The highest BCUT2D eigenvalue weighted by Gasteiger charge is 2.80. The van der Waals surface area contributed by atoms with E-state index < -0.39 is 33.5 Å². The van der Waals surface area contributed by atoms with Crippen molar-refractivity contribution in [3.05, 3.63) is 64.1 Å². The summed E-state index contributed by atoms with van der Waals surface area (Å²) < 4.78 is 37.9. The van der Waals surface area contributed by atoms with Crippen LogP contribution >= 0.6 is 15.9 Å². The van der Waals surface area contributed by atoms with Crippen LogP contribution in [0.4, 0.5) is 0 Å². The molecule has 0 N–H and O–H groups in total. The fraction of sp³-hybridized carbons (Fsp3) is 0.263. The zero-order valence-electron chi connectivity index (χ0n) is 15.4. The van der Waals surface area contributed by atoms with Crippen LogP contribution in [-0.2, 0) is 29.1 Å². The highest BCUT2D eigenvalue weighted by Crippen LogP contribution is 2.58. The molecule has 1 aliphatic heterocycles. The molecule has 2 aromatic rings. The molecule has 0 amide bonds. The van der Waals surface area contributed by atoms with Crippen molar-refractivity contribution < 1.29 is 27.5 Å². The van der Waals surface area contributed by atoms with Gasteiger partial charge < -0.3 is 9.47 Å². The van der Waals surface area contributed by atoms with Gasteiger partial charge in [0.2, 0.25) is 10.0 Å². The van der Waals surface area contributed by atoms with Gasteiger partial charge in [0.15, 0.2) is 0 Å². The maximum Gasteiger partial charge on any atom is 0.341 e. The van der Waals surface area contributed by atoms with Gasteiger partial charge >= 0.3 is 11.9 Å². The minimum Gasteiger partial charge on any atom is -0.467 e. The number of rotatable bonds is 5. The zero-order valence-corrected chi connectivity index (χ0v) is 17.8. The number of nitrogens with zero attached hydrogens (tertiary/aromatic N) is 1. The van der Waals surface area contributed by atoms with Crippen LogP contribution in [0, 0.1) is 6.92 Å². The Hall–Kier alpha value is -2.23. The van der Waals surface area contributed by atoms with Gasteiger partial charge in [-0.15, -0.1) is 0 Å². The largest absolute Gasteiger partial charge is 0.467 e. The van der Waals surface area contributed by atoms with E-state index in [2.05, 4.69) is 15.9 Å². The predicted molar refractivity (Wildman–Crippen MR) is 104 cm³/mol. The lowest BCUT2D eigenvalue weighted by Crippen LogP contribution is -2.42. The van der Waals surface area contributed by atoms with Crippen LogP contribution in [0.15, 0.2) is 57.9 Å². The summed E-state index contributed by atoms with van der Waals surface area (Å²) in [5.74, 6) is -1.99. The first-order valence-electron chi connectivity index (χ1n) is 8.24. The third-order valence-electron chi connectivity index (χ3n) is 4.67. The van der Waals surface area contributed by atoms with Crippen molar-refractivity contribution in [1.82, 2.24) is 4.31 Å². The smallest absolute Gasteiger partial charge is 0.341 e. The van der Waals surface area contributed by atoms with Gasteiger partial charge in [0.05, 0.1) is 25.2 Å². The van der Waals surface area contributed by atoms with E-state index in [1.54, 1.807) is 36.4 Å². The Morgan fingerprint density at radius 3 is 1.93 bits per heavy atom. The topological polar surface area (TPSA) is 89.8 Å². The second kappa shape index (κ2) is 7.31. The number of benzene rings is 2. The molecular weight excluding hydrogens is 450 g/mol. The number of ether oxygens (including phenoxy) is 2. The fourth-order valence-electron chi connectivity index (χ4n) is 3.24. The molecule has 1 aliphatic rings. The molecule has 0 aromatic heterocycles. The number of aryl methyl sites for hydroxylation is 1. The van der Waals surface area contributed by atoms with E-state index in [0.29, 0.717) is 5.56 Å². The van der Waals surface area contributed by atoms with Crippen molar-refractivity contribution in [2.75, 3.05) is 14.2 Å². The van der Waals surface area contributed by atoms with E-state index in [9.17, 15) is 18.0 Å². The van der Waals surface area contributed by atoms with Crippen molar-refractivity contribution >= 4 is 37.9 Å². The molecule has 0 bridgehead atoms. The average Bonchev–Trinajstić information content (AvgIpc) is 3.40. The molecule has 1 fully saturated rings. The highest BCUT2D eigenvalue weighted by atomic mass is 79.9. The lowest BCUT2D eigenvalue weighted by atomic mass is 9.99. The number of halogens is 1. The second-order valence-corrected chi connectivity index (χ2v) is 9.05. The predicted octanol–water partition coefficient (Wildman–Crippen LogP) is 2.59. The lowest BCUT2D eigenvalue weighted by Gasteiger charge is -2.13. The Kier molecular flexibility index (Phi) is 5.35. The molecule has 1 heterocycles. The van der Waals surface area contributed by atoms with E-state index in [1.165, 1.54) is 12.1 Å². The summed E-state index contributed by atoms with van der Waals surface area (Å²) in [6.07, 6.45) is 0. The third-order valence-corrected chi connectivity index (χ3v) is 7.08. The summed E-state index contributed by atoms with van der Waals surface area (Å²) in [5.41, 5.74) is -0.766. The van der Waals surface area contributed by atoms with Crippen molar-refractivity contribution in [1.29, 1.82) is 0 Å². The van der Waals surface area contributed by atoms with Crippen molar-refractivity contribution in [2.45, 2.75) is 23.4 Å². The second-order valence-electron chi connectivity index (χ2n) is 6.32. The van der Waals surface area contributed by atoms with Crippen LogP contribution < -0.4 is 0 Å². The zero-order chi connectivity index (χ0) is 20.7. The summed E-state index contributed by atoms with van der Waals surface area (Å²) in [5, 5.41) is 0. The molecule has 0 radical (unpaired) electrons. The minimum atomic E-state index is -4.19. The Labute approximate surface area is 171 Å². The number of hydrogen-bond acceptors (Lipinski definition) is 6. The maximum absolute atomic E-state index is 13.3. The minimum absolute atomic E-state index is 0.0325. The van der Waals surface area contributed by atoms with Crippen molar-refractivity contribution in [3.63, 3.8) is 0 Å². The van der Waals surface area contributed by atoms with Crippen LogP contribution in [0.2, 0.25) is 0 Å². The van der Waals surface area contributed by atoms with Crippen molar-refractivity contribution in [2.24, 2.45) is 0 Å². The molecule has 2 unspecified atom stereocenters. The molecule has 0 saturated carbocycles. The summed E-state index contributed by atoms with van der Waals surface area (Å²) in [6.45, 7) is 1.83. The molecule has 28 heavy (non-hydrogen) atoms. The first-order valence-corrected chi connectivity index (χ1v) is 10.5. The van der Waals surface area contributed by atoms with Crippen LogP contribution in [0.1, 0.15) is 17.2 Å². The van der Waals surface area contributed by atoms with Gasteiger partial charge in [0.1, 0.15) is 0 Å². The molecule has 7 nitrogen and oxygen atoms in total. The van der Waals surface area contributed by atoms with Crippen molar-refractivity contribution in [3.8, 4) is 0 Å². The number of carbonyl (C=O) groups excluding carboxylic acids is 2. The molecule has 148 valence electrons. The van der Waals surface area contributed by atoms with Gasteiger partial charge in [-0.05, 0) is 36.8 Å². The number of sulfonamides is 1. The van der Waals surface area contributed by atoms with Gasteiger partial charge in [-0.25, -0.2) is 18.0 Å². The van der Waals surface area contributed by atoms with Gasteiger partial charge in [-0.2, -0.15) is 4.31 Å². The molecule has 1 saturated heterocycles. The van der Waals surface area contributed by atoms with E-state index in [4.69, 9.17) is 9.47 Å². The van der Waals surface area contributed by atoms with Gasteiger partial charge in [0, 0.05) is 4.47 Å². The number of methoxy groups -OCH3 is 2. The Morgan fingerprint density at radius 2 is 1.46 bits per heavy atom. The van der Waals surface area contributed by atoms with Gasteiger partial charge in [-0.1, -0.05) is 45.8 Å². The monoisotopic (exact) mass is 467 g/mol. The third kappa shape index (κ3) is 3.03. The number of esters is 2. The normalized spacial score (nSPS) is 20.3. The molecule has 2 aromatic carbocycles. The average molecular weight is 468 g/mol. The summed E-state index contributed by atoms with van der Waals surface area (Å²) in [7, 11) is -1.99. The number of carbonyl (C=O) groups is 2. The summed E-state index contributed by atoms with van der Waals surface area (Å²) >= 11 is 3.31. The summed E-state index contributed by atoms with van der Waals surface area (Å²) in [4.78, 5) is 25.3. The molecule has 9 heteroatoms. The fourth-order valence-corrected chi connectivity index (χ4v) is 5.34. The maximum atomic E-state index is 13.3. The Bertz CT molecular complexity index is 1000. The summed E-state index contributed by atoms with van der Waals surface area (Å²) in [6, 6.07) is 11.7. The van der Waals surface area contributed by atoms with E-state index in [1.807, 2.05) is 6.92 Å². The van der Waals surface area contributed by atoms with Crippen LogP contribution in [0.5, 0.6) is 0 Å². The highest BCUT2D eigenvalue weighted by molar-refractivity contribution is 9.10. The van der Waals surface area contributed by atoms with Crippen LogP contribution in [0.25, 0.3) is 0 Å². The van der Waals surface area contributed by atoms with E-state index in [0.717, 1.165) is 28.6 Å². The first-order chi connectivity index (χ1) is 13.2. The standard InChI is InChI=1S/C19H18BrNO6S/c1-12-4-10-15(11-5-12)28(24,25)21-16(13-6-8-14(20)9-7-13)19(21,17(22)26-2)18(23)27-3/h4-11,16H,1-3H3. The van der Waals surface area contributed by atoms with Gasteiger partial charge in [-0.3, -0.25) is 0 Å². The molecular formula is C19H18BrNO6S.